The normalized spacial score (nSPS) is 18.1. The van der Waals surface area contributed by atoms with E-state index in [0.717, 1.165) is 16.8 Å². The highest BCUT2D eigenvalue weighted by Gasteiger charge is 2.48. The zero-order valence-electron chi connectivity index (χ0n) is 14.2. The Kier molecular flexibility index (Phi) is 4.53. The fourth-order valence-corrected chi connectivity index (χ4v) is 2.74. The third-order valence-electron chi connectivity index (χ3n) is 4.54. The molecule has 0 aliphatic heterocycles. The summed E-state index contributed by atoms with van der Waals surface area (Å²) in [5, 5.41) is 14.7. The average molecular weight is 333 g/mol. The number of carbonyl (C=O) groups excluding carboxylic acids is 2. The third-order valence-corrected chi connectivity index (χ3v) is 4.54. The van der Waals surface area contributed by atoms with Gasteiger partial charge in [0.05, 0.1) is 23.1 Å². The molecule has 1 aliphatic carbocycles. The second-order valence-corrected chi connectivity index (χ2v) is 6.38. The standard InChI is InChI=1S/C20H19N3O2/c1-12-7-8-15(9-13(12)2)22-19(24)16-10-17(16)20(25)23-18-6-4-3-5-14(18)11-21/h3-9,16-17H,10H2,1-2H3,(H,22,24)(H,23,25). The number of hydrogen-bond acceptors (Lipinski definition) is 3. The number of nitrogens with zero attached hydrogens (tertiary/aromatic N) is 1. The molecule has 1 fully saturated rings. The lowest BCUT2D eigenvalue weighted by Gasteiger charge is -2.08. The van der Waals surface area contributed by atoms with Gasteiger partial charge in [-0.3, -0.25) is 9.59 Å². The molecule has 1 aliphatic rings. The lowest BCUT2D eigenvalue weighted by atomic mass is 10.1. The van der Waals surface area contributed by atoms with Gasteiger partial charge in [0.15, 0.2) is 0 Å². The molecular weight excluding hydrogens is 314 g/mol. The molecule has 2 aromatic rings. The van der Waals surface area contributed by atoms with Gasteiger partial charge in [-0.15, -0.1) is 0 Å². The molecule has 5 nitrogen and oxygen atoms in total. The highest BCUT2D eigenvalue weighted by Crippen LogP contribution is 2.40. The molecule has 126 valence electrons. The summed E-state index contributed by atoms with van der Waals surface area (Å²) < 4.78 is 0. The van der Waals surface area contributed by atoms with Crippen molar-refractivity contribution in [3.05, 3.63) is 59.2 Å². The summed E-state index contributed by atoms with van der Waals surface area (Å²) in [5.74, 6) is -1.03. The van der Waals surface area contributed by atoms with E-state index in [0.29, 0.717) is 17.7 Å². The molecule has 0 radical (unpaired) electrons. The Morgan fingerprint density at radius 3 is 2.36 bits per heavy atom. The van der Waals surface area contributed by atoms with Crippen molar-refractivity contribution in [3.63, 3.8) is 0 Å². The van der Waals surface area contributed by atoms with Crippen molar-refractivity contribution in [1.82, 2.24) is 0 Å². The maximum Gasteiger partial charge on any atom is 0.228 e. The number of rotatable bonds is 4. The molecule has 2 amide bonds. The van der Waals surface area contributed by atoms with Crippen molar-refractivity contribution in [2.24, 2.45) is 11.8 Å². The number of anilines is 2. The fourth-order valence-electron chi connectivity index (χ4n) is 2.74. The summed E-state index contributed by atoms with van der Waals surface area (Å²) in [6, 6.07) is 14.6. The van der Waals surface area contributed by atoms with Gasteiger partial charge in [0.2, 0.25) is 11.8 Å². The molecule has 2 atom stereocenters. The summed E-state index contributed by atoms with van der Waals surface area (Å²) in [5.41, 5.74) is 3.91. The van der Waals surface area contributed by atoms with E-state index in [4.69, 9.17) is 5.26 Å². The van der Waals surface area contributed by atoms with Gasteiger partial charge in [-0.25, -0.2) is 0 Å². The number of carbonyl (C=O) groups is 2. The number of hydrogen-bond donors (Lipinski definition) is 2. The Morgan fingerprint density at radius 2 is 1.68 bits per heavy atom. The number of aryl methyl sites for hydroxylation is 2. The Bertz CT molecular complexity index is 883. The zero-order valence-corrected chi connectivity index (χ0v) is 14.2. The van der Waals surface area contributed by atoms with Crippen LogP contribution in [0.4, 0.5) is 11.4 Å². The van der Waals surface area contributed by atoms with Crippen molar-refractivity contribution in [3.8, 4) is 6.07 Å². The molecule has 2 aromatic carbocycles. The van der Waals surface area contributed by atoms with E-state index in [1.165, 1.54) is 0 Å². The SMILES string of the molecule is Cc1ccc(NC(=O)C2CC2C(=O)Nc2ccccc2C#N)cc1C. The Labute approximate surface area is 146 Å². The minimum atomic E-state index is -0.349. The second kappa shape index (κ2) is 6.78. The van der Waals surface area contributed by atoms with Crippen LogP contribution in [-0.4, -0.2) is 11.8 Å². The number of nitriles is 1. The van der Waals surface area contributed by atoms with E-state index in [-0.39, 0.29) is 23.7 Å². The lowest BCUT2D eigenvalue weighted by molar-refractivity contribution is -0.122. The molecule has 0 heterocycles. The predicted molar refractivity (Wildman–Crippen MR) is 95.9 cm³/mol. The van der Waals surface area contributed by atoms with Crippen molar-refractivity contribution >= 4 is 23.2 Å². The van der Waals surface area contributed by atoms with Gasteiger partial charge in [-0.1, -0.05) is 18.2 Å². The molecule has 5 heteroatoms. The van der Waals surface area contributed by atoms with E-state index in [1.807, 2.05) is 38.1 Å². The van der Waals surface area contributed by atoms with E-state index < -0.39 is 0 Å². The molecule has 2 N–H and O–H groups in total. The third kappa shape index (κ3) is 3.69. The van der Waals surface area contributed by atoms with Gasteiger partial charge in [-0.2, -0.15) is 5.26 Å². The Morgan fingerprint density at radius 1 is 1.00 bits per heavy atom. The average Bonchev–Trinajstić information content (AvgIpc) is 3.39. The van der Waals surface area contributed by atoms with Crippen LogP contribution >= 0.6 is 0 Å². The van der Waals surface area contributed by atoms with Gasteiger partial charge in [0.1, 0.15) is 6.07 Å². The van der Waals surface area contributed by atoms with Gasteiger partial charge >= 0.3 is 0 Å². The first-order chi connectivity index (χ1) is 12.0. The predicted octanol–water partition coefficient (Wildman–Crippen LogP) is 3.39. The number of amides is 2. The summed E-state index contributed by atoms with van der Waals surface area (Å²) in [7, 11) is 0. The number of nitrogens with one attached hydrogen (secondary N) is 2. The van der Waals surface area contributed by atoms with E-state index >= 15 is 0 Å². The van der Waals surface area contributed by atoms with Gasteiger partial charge in [0, 0.05) is 5.69 Å². The molecule has 2 unspecified atom stereocenters. The molecule has 0 bridgehead atoms. The first kappa shape index (κ1) is 16.7. The Balaban J connectivity index is 1.60. The van der Waals surface area contributed by atoms with Gasteiger partial charge < -0.3 is 10.6 Å². The summed E-state index contributed by atoms with van der Waals surface area (Å²) >= 11 is 0. The Hall–Kier alpha value is -3.13. The van der Waals surface area contributed by atoms with E-state index in [1.54, 1.807) is 24.3 Å². The molecule has 0 aromatic heterocycles. The van der Waals surface area contributed by atoms with Gasteiger partial charge in [0.25, 0.3) is 0 Å². The first-order valence-corrected chi connectivity index (χ1v) is 8.17. The summed E-state index contributed by atoms with van der Waals surface area (Å²) in [6.07, 6.45) is 0.525. The highest BCUT2D eigenvalue weighted by molar-refractivity contribution is 6.03. The quantitative estimate of drug-likeness (QED) is 0.900. The van der Waals surface area contributed by atoms with Crippen LogP contribution in [-0.2, 0) is 9.59 Å². The minimum Gasteiger partial charge on any atom is -0.326 e. The van der Waals surface area contributed by atoms with Crippen LogP contribution < -0.4 is 10.6 Å². The molecule has 3 rings (SSSR count). The van der Waals surface area contributed by atoms with Crippen molar-refractivity contribution in [2.45, 2.75) is 20.3 Å². The van der Waals surface area contributed by atoms with Gasteiger partial charge in [-0.05, 0) is 55.7 Å². The monoisotopic (exact) mass is 333 g/mol. The van der Waals surface area contributed by atoms with Crippen LogP contribution in [0.5, 0.6) is 0 Å². The largest absolute Gasteiger partial charge is 0.326 e. The summed E-state index contributed by atoms with van der Waals surface area (Å²) in [4.78, 5) is 24.6. The second-order valence-electron chi connectivity index (χ2n) is 6.38. The first-order valence-electron chi connectivity index (χ1n) is 8.17. The topological polar surface area (TPSA) is 82.0 Å². The maximum absolute atomic E-state index is 12.3. The maximum atomic E-state index is 12.3. The van der Waals surface area contributed by atoms with Crippen molar-refractivity contribution in [2.75, 3.05) is 10.6 Å². The van der Waals surface area contributed by atoms with Crippen molar-refractivity contribution < 1.29 is 9.59 Å². The smallest absolute Gasteiger partial charge is 0.228 e. The van der Waals surface area contributed by atoms with Crippen LogP contribution in [0.1, 0.15) is 23.1 Å². The zero-order chi connectivity index (χ0) is 18.0. The van der Waals surface area contributed by atoms with Crippen LogP contribution in [0.25, 0.3) is 0 Å². The minimum absolute atomic E-state index is 0.142. The molecular formula is C20H19N3O2. The van der Waals surface area contributed by atoms with Crippen molar-refractivity contribution in [1.29, 1.82) is 5.26 Å². The fraction of sp³-hybridized carbons (Fsp3) is 0.250. The number of benzene rings is 2. The number of para-hydroxylation sites is 1. The van der Waals surface area contributed by atoms with E-state index in [9.17, 15) is 9.59 Å². The molecule has 1 saturated carbocycles. The van der Waals surface area contributed by atoms with Crippen LogP contribution in [0.2, 0.25) is 0 Å². The lowest BCUT2D eigenvalue weighted by Crippen LogP contribution is -2.21. The molecule has 0 spiro atoms. The highest BCUT2D eigenvalue weighted by atomic mass is 16.2. The summed E-state index contributed by atoms with van der Waals surface area (Å²) in [6.45, 7) is 4.01. The van der Waals surface area contributed by atoms with E-state index in [2.05, 4.69) is 10.6 Å². The van der Waals surface area contributed by atoms with Crippen LogP contribution in [0.3, 0.4) is 0 Å². The van der Waals surface area contributed by atoms with Crippen LogP contribution in [0.15, 0.2) is 42.5 Å². The molecule has 0 saturated heterocycles. The molecule has 25 heavy (non-hydrogen) atoms. The van der Waals surface area contributed by atoms with Crippen LogP contribution in [0, 0.1) is 37.0 Å².